The third-order valence-corrected chi connectivity index (χ3v) is 6.00. The molecule has 2 aromatic heterocycles. The van der Waals surface area contributed by atoms with Gasteiger partial charge in [0.1, 0.15) is 17.6 Å². The zero-order chi connectivity index (χ0) is 20.2. The van der Waals surface area contributed by atoms with Gasteiger partial charge in [0.2, 0.25) is 5.91 Å². The van der Waals surface area contributed by atoms with Gasteiger partial charge in [-0.25, -0.2) is 4.98 Å². The summed E-state index contributed by atoms with van der Waals surface area (Å²) in [5.74, 6) is -0.113. The Morgan fingerprint density at radius 1 is 1.24 bits per heavy atom. The normalized spacial score (nSPS) is 14.3. The van der Waals surface area contributed by atoms with Crippen LogP contribution in [0.25, 0.3) is 10.3 Å². The third-order valence-electron chi connectivity index (χ3n) is 4.91. The Balaban J connectivity index is 1.53. The quantitative estimate of drug-likeness (QED) is 0.612. The predicted molar refractivity (Wildman–Crippen MR) is 112 cm³/mol. The molecule has 29 heavy (non-hydrogen) atoms. The number of likely N-dealkylation sites (N-methyl/N-ethyl adjacent to an activating group) is 1. The molecule has 1 saturated heterocycles. The standard InChI is InChI=1S/C20H23N5O3S/c1-2-23(12-15-6-4-3-5-7-15)16(26)13-25-14-21-18-17(19(25)27)29-20(22-18)24-8-10-28-11-9-24/h3-7,14H,2,8-13H2,1H3. The summed E-state index contributed by atoms with van der Waals surface area (Å²) in [5, 5.41) is 0.774. The van der Waals surface area contributed by atoms with Gasteiger partial charge in [-0.05, 0) is 12.5 Å². The lowest BCUT2D eigenvalue weighted by molar-refractivity contribution is -0.132. The molecule has 1 fully saturated rings. The van der Waals surface area contributed by atoms with E-state index in [-0.39, 0.29) is 18.0 Å². The fraction of sp³-hybridized carbons (Fsp3) is 0.400. The summed E-state index contributed by atoms with van der Waals surface area (Å²) in [4.78, 5) is 38.3. The maximum absolute atomic E-state index is 12.9. The van der Waals surface area contributed by atoms with Gasteiger partial charge in [0.15, 0.2) is 10.8 Å². The molecule has 0 radical (unpaired) electrons. The van der Waals surface area contributed by atoms with E-state index in [1.165, 1.54) is 22.2 Å². The second kappa shape index (κ2) is 8.71. The van der Waals surface area contributed by atoms with Crippen LogP contribution in [0.3, 0.4) is 0 Å². The Bertz CT molecular complexity index is 1040. The van der Waals surface area contributed by atoms with Gasteiger partial charge in [-0.15, -0.1) is 0 Å². The smallest absolute Gasteiger partial charge is 0.273 e. The number of benzene rings is 1. The number of hydrogen-bond donors (Lipinski definition) is 0. The second-order valence-corrected chi connectivity index (χ2v) is 7.80. The van der Waals surface area contributed by atoms with Crippen LogP contribution < -0.4 is 10.5 Å². The maximum atomic E-state index is 12.9. The van der Waals surface area contributed by atoms with Crippen LogP contribution in [-0.2, 0) is 22.6 Å². The number of rotatable bonds is 6. The zero-order valence-electron chi connectivity index (χ0n) is 16.3. The summed E-state index contributed by atoms with van der Waals surface area (Å²) in [5.41, 5.74) is 1.26. The molecule has 1 amide bonds. The summed E-state index contributed by atoms with van der Waals surface area (Å²) >= 11 is 1.33. The Morgan fingerprint density at radius 2 is 2.00 bits per heavy atom. The van der Waals surface area contributed by atoms with E-state index in [4.69, 9.17) is 4.74 Å². The van der Waals surface area contributed by atoms with Crippen LogP contribution in [0, 0.1) is 0 Å². The molecule has 1 aliphatic heterocycles. The van der Waals surface area contributed by atoms with E-state index in [9.17, 15) is 9.59 Å². The highest BCUT2D eigenvalue weighted by Crippen LogP contribution is 2.25. The van der Waals surface area contributed by atoms with Crippen molar-refractivity contribution in [2.75, 3.05) is 37.7 Å². The van der Waals surface area contributed by atoms with Crippen LogP contribution in [0.5, 0.6) is 0 Å². The molecule has 0 atom stereocenters. The Morgan fingerprint density at radius 3 is 2.72 bits per heavy atom. The molecule has 0 bridgehead atoms. The Labute approximate surface area is 172 Å². The van der Waals surface area contributed by atoms with Crippen molar-refractivity contribution >= 4 is 32.7 Å². The number of nitrogens with zero attached hydrogens (tertiary/aromatic N) is 5. The minimum absolute atomic E-state index is 0.0345. The van der Waals surface area contributed by atoms with Crippen molar-refractivity contribution < 1.29 is 9.53 Å². The van der Waals surface area contributed by atoms with Crippen molar-refractivity contribution in [3.8, 4) is 0 Å². The van der Waals surface area contributed by atoms with Gasteiger partial charge in [0.25, 0.3) is 5.56 Å². The summed E-state index contributed by atoms with van der Waals surface area (Å²) < 4.78 is 7.22. The van der Waals surface area contributed by atoms with Crippen LogP contribution in [-0.4, -0.2) is 58.2 Å². The highest BCUT2D eigenvalue weighted by atomic mass is 32.1. The number of amides is 1. The van der Waals surface area contributed by atoms with E-state index in [1.54, 1.807) is 4.90 Å². The minimum Gasteiger partial charge on any atom is -0.378 e. The zero-order valence-corrected chi connectivity index (χ0v) is 17.1. The first-order chi connectivity index (χ1) is 14.2. The number of thiazole rings is 1. The number of morpholine rings is 1. The molecule has 3 heterocycles. The molecule has 0 saturated carbocycles. The number of aromatic nitrogens is 3. The summed E-state index contributed by atoms with van der Waals surface area (Å²) in [6.07, 6.45) is 1.42. The SMILES string of the molecule is CCN(Cc1ccccc1)C(=O)Cn1cnc2nc(N3CCOCC3)sc2c1=O. The first-order valence-electron chi connectivity index (χ1n) is 9.66. The van der Waals surface area contributed by atoms with Crippen molar-refractivity contribution in [2.45, 2.75) is 20.0 Å². The Kier molecular flexibility index (Phi) is 5.86. The van der Waals surface area contributed by atoms with Crippen LogP contribution in [0.15, 0.2) is 41.5 Å². The number of anilines is 1. The predicted octanol–water partition coefficient (Wildman–Crippen LogP) is 1.74. The number of fused-ring (bicyclic) bond motifs is 1. The molecule has 0 N–H and O–H groups in total. The molecule has 1 aromatic carbocycles. The van der Waals surface area contributed by atoms with Crippen molar-refractivity contribution in [1.82, 2.24) is 19.4 Å². The number of carbonyl (C=O) groups excluding carboxylic acids is 1. The van der Waals surface area contributed by atoms with Gasteiger partial charge in [-0.2, -0.15) is 4.98 Å². The largest absolute Gasteiger partial charge is 0.378 e. The topological polar surface area (TPSA) is 80.6 Å². The van der Waals surface area contributed by atoms with Gasteiger partial charge in [-0.3, -0.25) is 14.2 Å². The molecule has 0 aliphatic carbocycles. The number of ether oxygens (including phenoxy) is 1. The van der Waals surface area contributed by atoms with Crippen molar-refractivity contribution in [3.63, 3.8) is 0 Å². The lowest BCUT2D eigenvalue weighted by Gasteiger charge is -2.25. The molecule has 8 nitrogen and oxygen atoms in total. The molecular weight excluding hydrogens is 390 g/mol. The summed E-state index contributed by atoms with van der Waals surface area (Å²) in [7, 11) is 0. The molecule has 9 heteroatoms. The second-order valence-electron chi connectivity index (χ2n) is 6.82. The van der Waals surface area contributed by atoms with E-state index in [0.717, 1.165) is 23.8 Å². The van der Waals surface area contributed by atoms with E-state index in [0.29, 0.717) is 36.7 Å². The van der Waals surface area contributed by atoms with Crippen molar-refractivity contribution in [3.05, 3.63) is 52.6 Å². The van der Waals surface area contributed by atoms with Gasteiger partial charge >= 0.3 is 0 Å². The van der Waals surface area contributed by atoms with E-state index in [1.807, 2.05) is 37.3 Å². The number of carbonyl (C=O) groups is 1. The monoisotopic (exact) mass is 413 g/mol. The van der Waals surface area contributed by atoms with Gasteiger partial charge in [0.05, 0.1) is 13.2 Å². The van der Waals surface area contributed by atoms with Crippen LogP contribution in [0.2, 0.25) is 0 Å². The third kappa shape index (κ3) is 4.30. The molecule has 0 unspecified atom stereocenters. The van der Waals surface area contributed by atoms with Crippen molar-refractivity contribution in [1.29, 1.82) is 0 Å². The summed E-state index contributed by atoms with van der Waals surface area (Å²) in [6, 6.07) is 9.82. The minimum atomic E-state index is -0.226. The number of hydrogen-bond acceptors (Lipinski definition) is 7. The van der Waals surface area contributed by atoms with Crippen LogP contribution in [0.1, 0.15) is 12.5 Å². The Hall–Kier alpha value is -2.78. The van der Waals surface area contributed by atoms with Gasteiger partial charge in [-0.1, -0.05) is 41.7 Å². The highest BCUT2D eigenvalue weighted by Gasteiger charge is 2.19. The molecule has 4 rings (SSSR count). The van der Waals surface area contributed by atoms with E-state index in [2.05, 4.69) is 14.9 Å². The fourth-order valence-corrected chi connectivity index (χ4v) is 4.28. The molecule has 152 valence electrons. The van der Waals surface area contributed by atoms with Crippen LogP contribution in [0.4, 0.5) is 5.13 Å². The maximum Gasteiger partial charge on any atom is 0.273 e. The molecule has 3 aromatic rings. The fourth-order valence-electron chi connectivity index (χ4n) is 3.26. The highest BCUT2D eigenvalue weighted by molar-refractivity contribution is 7.22. The molecule has 1 aliphatic rings. The van der Waals surface area contributed by atoms with E-state index >= 15 is 0 Å². The average Bonchev–Trinajstić information content (AvgIpc) is 3.20. The first-order valence-corrected chi connectivity index (χ1v) is 10.5. The average molecular weight is 414 g/mol. The van der Waals surface area contributed by atoms with Gasteiger partial charge < -0.3 is 14.5 Å². The summed E-state index contributed by atoms with van der Waals surface area (Å²) in [6.45, 7) is 5.78. The first kappa shape index (κ1) is 19.5. The molecule has 0 spiro atoms. The van der Waals surface area contributed by atoms with Crippen molar-refractivity contribution in [2.24, 2.45) is 0 Å². The lowest BCUT2D eigenvalue weighted by Crippen LogP contribution is -2.36. The lowest BCUT2D eigenvalue weighted by atomic mass is 10.2. The van der Waals surface area contributed by atoms with E-state index < -0.39 is 0 Å². The van der Waals surface area contributed by atoms with Gasteiger partial charge in [0, 0.05) is 26.2 Å². The van der Waals surface area contributed by atoms with Crippen LogP contribution >= 0.6 is 11.3 Å². The molecular formula is C20H23N5O3S.